The Morgan fingerprint density at radius 1 is 1.60 bits per heavy atom. The van der Waals surface area contributed by atoms with Crippen LogP contribution in [0.15, 0.2) is 5.16 Å². The molecule has 1 radical (unpaired) electrons. The summed E-state index contributed by atoms with van der Waals surface area (Å²) in [5.74, 6) is 0. The Morgan fingerprint density at radius 3 is 2.70 bits per heavy atom. The van der Waals surface area contributed by atoms with Crippen LogP contribution in [0.2, 0.25) is 0 Å². The molecule has 0 aromatic carbocycles. The largest absolute Gasteiger partial charge is 0.392 e. The molecule has 1 unspecified atom stereocenters. The van der Waals surface area contributed by atoms with E-state index < -0.39 is 0 Å². The van der Waals surface area contributed by atoms with Gasteiger partial charge in [0.25, 0.3) is 0 Å². The van der Waals surface area contributed by atoms with Crippen LogP contribution in [0.3, 0.4) is 0 Å². The van der Waals surface area contributed by atoms with Gasteiger partial charge < -0.3 is 4.84 Å². The van der Waals surface area contributed by atoms with Gasteiger partial charge in [0.15, 0.2) is 0 Å². The lowest BCUT2D eigenvalue weighted by molar-refractivity contribution is 0.0541. The molecule has 0 aliphatic carbocycles. The maximum absolute atomic E-state index is 5.04. The van der Waals surface area contributed by atoms with Crippen molar-refractivity contribution >= 4 is 6.21 Å². The van der Waals surface area contributed by atoms with Crippen molar-refractivity contribution < 1.29 is 4.84 Å². The van der Waals surface area contributed by atoms with Crippen molar-refractivity contribution in [2.45, 2.75) is 39.7 Å². The van der Waals surface area contributed by atoms with E-state index in [4.69, 9.17) is 4.84 Å². The molecule has 2 heteroatoms. The van der Waals surface area contributed by atoms with Crippen molar-refractivity contribution in [1.29, 1.82) is 0 Å². The van der Waals surface area contributed by atoms with Gasteiger partial charge in [-0.25, -0.2) is 0 Å². The molecule has 0 N–H and O–H groups in total. The quantitative estimate of drug-likeness (QED) is 0.546. The molecular weight excluding hydrogens is 126 g/mol. The minimum atomic E-state index is 0.278. The van der Waals surface area contributed by atoms with Crippen LogP contribution in [0.1, 0.15) is 33.6 Å². The summed E-state index contributed by atoms with van der Waals surface area (Å²) in [4.78, 5) is 5.04. The highest BCUT2D eigenvalue weighted by Gasteiger charge is 2.21. The molecule has 0 spiro atoms. The third-order valence-corrected chi connectivity index (χ3v) is 1.43. The van der Waals surface area contributed by atoms with Crippen molar-refractivity contribution in [3.63, 3.8) is 0 Å². The van der Waals surface area contributed by atoms with Gasteiger partial charge in [-0.15, -0.1) is 0 Å². The Balaban J connectivity index is 2.26. The van der Waals surface area contributed by atoms with E-state index in [-0.39, 0.29) is 6.10 Å². The molecule has 57 valence electrons. The van der Waals surface area contributed by atoms with Crippen LogP contribution in [0.4, 0.5) is 0 Å². The van der Waals surface area contributed by atoms with Crippen LogP contribution in [0.5, 0.6) is 0 Å². The first-order chi connectivity index (χ1) is 4.58. The maximum atomic E-state index is 5.04. The molecule has 0 aromatic rings. The molecule has 1 rings (SSSR count). The second-order valence-electron chi connectivity index (χ2n) is 3.95. The Labute approximate surface area is 62.3 Å². The van der Waals surface area contributed by atoms with Crippen LogP contribution in [-0.4, -0.2) is 12.3 Å². The van der Waals surface area contributed by atoms with Crippen LogP contribution < -0.4 is 0 Å². The molecule has 0 fully saturated rings. The van der Waals surface area contributed by atoms with Crippen LogP contribution in [0.25, 0.3) is 0 Å². The van der Waals surface area contributed by atoms with Crippen molar-refractivity contribution in [2.75, 3.05) is 0 Å². The molecule has 1 atom stereocenters. The summed E-state index contributed by atoms with van der Waals surface area (Å²) in [6, 6.07) is 0. The zero-order valence-electron chi connectivity index (χ0n) is 6.85. The van der Waals surface area contributed by atoms with Crippen molar-refractivity contribution in [3.05, 3.63) is 0 Å². The summed E-state index contributed by atoms with van der Waals surface area (Å²) < 4.78 is 0. The summed E-state index contributed by atoms with van der Waals surface area (Å²) in [6.45, 7) is 6.61. The molecule has 0 bridgehead atoms. The van der Waals surface area contributed by atoms with E-state index in [0.717, 1.165) is 12.8 Å². The van der Waals surface area contributed by atoms with Gasteiger partial charge in [-0.2, -0.15) is 0 Å². The van der Waals surface area contributed by atoms with Gasteiger partial charge in [0.2, 0.25) is 0 Å². The molecule has 2 nitrogen and oxygen atoms in total. The molecule has 10 heavy (non-hydrogen) atoms. The maximum Gasteiger partial charge on any atom is 0.133 e. The second-order valence-corrected chi connectivity index (χ2v) is 3.95. The van der Waals surface area contributed by atoms with E-state index in [0.29, 0.717) is 5.41 Å². The standard InChI is InChI=1S/C8H14NO/c1-8(2,3)6-7-4-5-9-10-7/h7H,4,6H2,1-3H3. The van der Waals surface area contributed by atoms with Gasteiger partial charge >= 0.3 is 0 Å². The minimum Gasteiger partial charge on any atom is -0.392 e. The van der Waals surface area contributed by atoms with Gasteiger partial charge in [-0.3, -0.25) is 0 Å². The molecule has 0 saturated carbocycles. The number of rotatable bonds is 1. The van der Waals surface area contributed by atoms with E-state index >= 15 is 0 Å². The predicted octanol–water partition coefficient (Wildman–Crippen LogP) is 2.07. The summed E-state index contributed by atoms with van der Waals surface area (Å²) in [5.41, 5.74) is 0.339. The Bertz CT molecular complexity index is 127. The monoisotopic (exact) mass is 140 g/mol. The van der Waals surface area contributed by atoms with Crippen molar-refractivity contribution in [2.24, 2.45) is 10.6 Å². The van der Waals surface area contributed by atoms with Crippen molar-refractivity contribution in [1.82, 2.24) is 0 Å². The van der Waals surface area contributed by atoms with E-state index in [2.05, 4.69) is 32.1 Å². The minimum absolute atomic E-state index is 0.278. The summed E-state index contributed by atoms with van der Waals surface area (Å²) >= 11 is 0. The van der Waals surface area contributed by atoms with E-state index in [1.807, 2.05) is 0 Å². The topological polar surface area (TPSA) is 21.6 Å². The van der Waals surface area contributed by atoms with E-state index in [9.17, 15) is 0 Å². The average molecular weight is 140 g/mol. The van der Waals surface area contributed by atoms with Crippen LogP contribution in [-0.2, 0) is 4.84 Å². The first-order valence-electron chi connectivity index (χ1n) is 3.67. The number of hydrogen-bond acceptors (Lipinski definition) is 2. The smallest absolute Gasteiger partial charge is 0.133 e. The van der Waals surface area contributed by atoms with Gasteiger partial charge in [-0.05, 0) is 11.8 Å². The zero-order chi connectivity index (χ0) is 7.61. The molecule has 0 amide bonds. The number of nitrogens with zero attached hydrogens (tertiary/aromatic N) is 1. The third-order valence-electron chi connectivity index (χ3n) is 1.43. The first-order valence-corrected chi connectivity index (χ1v) is 3.67. The SMILES string of the molecule is CC(C)(C)CC1C[C]=NO1. The highest BCUT2D eigenvalue weighted by molar-refractivity contribution is 5.58. The zero-order valence-corrected chi connectivity index (χ0v) is 6.85. The average Bonchev–Trinajstić information content (AvgIpc) is 2.12. The van der Waals surface area contributed by atoms with Gasteiger partial charge in [-0.1, -0.05) is 25.9 Å². The lowest BCUT2D eigenvalue weighted by atomic mass is 9.88. The highest BCUT2D eigenvalue weighted by Crippen LogP contribution is 2.25. The Kier molecular flexibility index (Phi) is 1.97. The molecule has 1 aliphatic rings. The van der Waals surface area contributed by atoms with E-state index in [1.165, 1.54) is 0 Å². The Hall–Kier alpha value is -0.530. The van der Waals surface area contributed by atoms with Crippen LogP contribution >= 0.6 is 0 Å². The molecular formula is C8H14NO. The lowest BCUT2D eigenvalue weighted by Crippen LogP contribution is -2.16. The fourth-order valence-electron chi connectivity index (χ4n) is 1.08. The molecule has 1 heterocycles. The summed E-state index contributed by atoms with van der Waals surface area (Å²) in [5, 5.41) is 3.60. The highest BCUT2D eigenvalue weighted by atomic mass is 16.6. The van der Waals surface area contributed by atoms with Gasteiger partial charge in [0.1, 0.15) is 12.3 Å². The fraction of sp³-hybridized carbons (Fsp3) is 0.875. The van der Waals surface area contributed by atoms with Gasteiger partial charge in [0.05, 0.1) is 0 Å². The van der Waals surface area contributed by atoms with Gasteiger partial charge in [0, 0.05) is 6.42 Å². The number of hydrogen-bond donors (Lipinski definition) is 0. The summed E-state index contributed by atoms with van der Waals surface area (Å²) in [7, 11) is 0. The first kappa shape index (κ1) is 7.58. The second kappa shape index (κ2) is 2.60. The fourth-order valence-corrected chi connectivity index (χ4v) is 1.08. The third kappa shape index (κ3) is 2.38. The van der Waals surface area contributed by atoms with Crippen molar-refractivity contribution in [3.8, 4) is 0 Å². The molecule has 0 aromatic heterocycles. The summed E-state index contributed by atoms with van der Waals surface area (Å²) in [6.07, 6.45) is 4.99. The lowest BCUT2D eigenvalue weighted by Gasteiger charge is -2.20. The predicted molar refractivity (Wildman–Crippen MR) is 41.0 cm³/mol. The van der Waals surface area contributed by atoms with E-state index in [1.54, 1.807) is 0 Å². The molecule has 0 saturated heterocycles. The Morgan fingerprint density at radius 2 is 2.30 bits per heavy atom. The van der Waals surface area contributed by atoms with Crippen LogP contribution in [0, 0.1) is 5.41 Å². The normalized spacial score (nSPS) is 24.9. The molecule has 1 aliphatic heterocycles.